The maximum absolute atomic E-state index is 9.13. The summed E-state index contributed by atoms with van der Waals surface area (Å²) in [6.45, 7) is 0.833. The van der Waals surface area contributed by atoms with Crippen molar-refractivity contribution in [3.63, 3.8) is 0 Å². The Labute approximate surface area is 89.5 Å². The summed E-state index contributed by atoms with van der Waals surface area (Å²) in [5, 5.41) is 9.54. The highest BCUT2D eigenvalue weighted by Gasteiger charge is 2.00. The fourth-order valence-corrected chi connectivity index (χ4v) is 1.22. The SMILES string of the molecule is CN(C)Cc1ccc(O)c(Cl)c1.Cl. The molecule has 0 unspecified atom stereocenters. The van der Waals surface area contributed by atoms with Crippen LogP contribution in [0.15, 0.2) is 18.2 Å². The smallest absolute Gasteiger partial charge is 0.134 e. The second kappa shape index (κ2) is 5.32. The number of benzene rings is 1. The number of phenols is 1. The molecule has 13 heavy (non-hydrogen) atoms. The lowest BCUT2D eigenvalue weighted by atomic mass is 10.2. The molecular weight excluding hydrogens is 209 g/mol. The zero-order valence-corrected chi connectivity index (χ0v) is 9.19. The predicted octanol–water partition coefficient (Wildman–Crippen LogP) is 2.53. The molecule has 0 atom stereocenters. The molecule has 0 aliphatic heterocycles. The van der Waals surface area contributed by atoms with E-state index >= 15 is 0 Å². The molecule has 0 radical (unpaired) electrons. The van der Waals surface area contributed by atoms with Crippen LogP contribution in [-0.2, 0) is 6.54 Å². The van der Waals surface area contributed by atoms with Crippen molar-refractivity contribution in [2.75, 3.05) is 14.1 Å². The van der Waals surface area contributed by atoms with E-state index in [2.05, 4.69) is 0 Å². The quantitative estimate of drug-likeness (QED) is 0.831. The Morgan fingerprint density at radius 1 is 1.38 bits per heavy atom. The van der Waals surface area contributed by atoms with E-state index in [-0.39, 0.29) is 18.2 Å². The topological polar surface area (TPSA) is 23.5 Å². The van der Waals surface area contributed by atoms with Gasteiger partial charge in [0.05, 0.1) is 5.02 Å². The lowest BCUT2D eigenvalue weighted by Gasteiger charge is -2.09. The van der Waals surface area contributed by atoms with Crippen molar-refractivity contribution in [3.05, 3.63) is 28.8 Å². The number of halogens is 2. The lowest BCUT2D eigenvalue weighted by Crippen LogP contribution is -2.10. The van der Waals surface area contributed by atoms with E-state index in [9.17, 15) is 0 Å². The van der Waals surface area contributed by atoms with Gasteiger partial charge in [-0.25, -0.2) is 0 Å². The maximum atomic E-state index is 9.13. The Kier molecular flexibility index (Phi) is 5.14. The molecule has 0 saturated carbocycles. The van der Waals surface area contributed by atoms with E-state index in [0.717, 1.165) is 12.1 Å². The van der Waals surface area contributed by atoms with Crippen LogP contribution in [0.2, 0.25) is 5.02 Å². The number of hydrogen-bond acceptors (Lipinski definition) is 2. The highest BCUT2D eigenvalue weighted by molar-refractivity contribution is 6.32. The van der Waals surface area contributed by atoms with Crippen LogP contribution >= 0.6 is 24.0 Å². The molecule has 1 aromatic carbocycles. The molecule has 0 heterocycles. The summed E-state index contributed by atoms with van der Waals surface area (Å²) in [5.74, 6) is 0.138. The minimum Gasteiger partial charge on any atom is -0.506 e. The van der Waals surface area contributed by atoms with Crippen molar-refractivity contribution >= 4 is 24.0 Å². The minimum atomic E-state index is 0. The average Bonchev–Trinajstić information content (AvgIpc) is 1.96. The van der Waals surface area contributed by atoms with Crippen molar-refractivity contribution in [2.45, 2.75) is 6.54 Å². The second-order valence-corrected chi connectivity index (χ2v) is 3.43. The van der Waals surface area contributed by atoms with Gasteiger partial charge in [-0.1, -0.05) is 17.7 Å². The lowest BCUT2D eigenvalue weighted by molar-refractivity contribution is 0.402. The largest absolute Gasteiger partial charge is 0.506 e. The molecule has 0 amide bonds. The van der Waals surface area contributed by atoms with Crippen LogP contribution in [0.5, 0.6) is 5.75 Å². The maximum Gasteiger partial charge on any atom is 0.134 e. The highest BCUT2D eigenvalue weighted by atomic mass is 35.5. The van der Waals surface area contributed by atoms with Crippen LogP contribution in [0.4, 0.5) is 0 Å². The van der Waals surface area contributed by atoms with Crippen LogP contribution in [0.25, 0.3) is 0 Å². The van der Waals surface area contributed by atoms with Gasteiger partial charge < -0.3 is 10.0 Å². The highest BCUT2D eigenvalue weighted by Crippen LogP contribution is 2.23. The molecular formula is C9H13Cl2NO. The van der Waals surface area contributed by atoms with Crippen molar-refractivity contribution in [2.24, 2.45) is 0 Å². The molecule has 2 nitrogen and oxygen atoms in total. The van der Waals surface area contributed by atoms with E-state index < -0.39 is 0 Å². The fourth-order valence-electron chi connectivity index (χ4n) is 1.01. The number of phenolic OH excluding ortho intramolecular Hbond substituents is 1. The third kappa shape index (κ3) is 3.85. The van der Waals surface area contributed by atoms with Gasteiger partial charge in [0.2, 0.25) is 0 Å². The Hall–Kier alpha value is -0.440. The summed E-state index contributed by atoms with van der Waals surface area (Å²) < 4.78 is 0. The van der Waals surface area contributed by atoms with E-state index in [1.807, 2.05) is 25.1 Å². The van der Waals surface area contributed by atoms with Gasteiger partial charge >= 0.3 is 0 Å². The van der Waals surface area contributed by atoms with Gasteiger partial charge in [0.1, 0.15) is 5.75 Å². The van der Waals surface area contributed by atoms with E-state index in [1.54, 1.807) is 12.1 Å². The molecule has 4 heteroatoms. The molecule has 0 bridgehead atoms. The van der Waals surface area contributed by atoms with Crippen LogP contribution in [0.3, 0.4) is 0 Å². The molecule has 0 fully saturated rings. The van der Waals surface area contributed by atoms with E-state index in [4.69, 9.17) is 16.7 Å². The van der Waals surface area contributed by atoms with Crippen LogP contribution in [0.1, 0.15) is 5.56 Å². The Balaban J connectivity index is 0.00000144. The van der Waals surface area contributed by atoms with Gasteiger partial charge in [0.25, 0.3) is 0 Å². The average molecular weight is 222 g/mol. The molecule has 0 saturated heterocycles. The molecule has 0 spiro atoms. The van der Waals surface area contributed by atoms with Gasteiger partial charge in [0.15, 0.2) is 0 Å². The van der Waals surface area contributed by atoms with Crippen molar-refractivity contribution in [3.8, 4) is 5.75 Å². The summed E-state index contributed by atoms with van der Waals surface area (Å²) in [4.78, 5) is 2.04. The first-order valence-corrected chi connectivity index (χ1v) is 4.09. The van der Waals surface area contributed by atoms with Gasteiger partial charge in [-0.15, -0.1) is 12.4 Å². The fraction of sp³-hybridized carbons (Fsp3) is 0.333. The first-order valence-electron chi connectivity index (χ1n) is 3.71. The van der Waals surface area contributed by atoms with Gasteiger partial charge in [-0.2, -0.15) is 0 Å². The molecule has 0 aliphatic rings. The summed E-state index contributed by atoms with van der Waals surface area (Å²) in [6, 6.07) is 5.25. The standard InChI is InChI=1S/C9H12ClNO.ClH/c1-11(2)6-7-3-4-9(12)8(10)5-7;/h3-5,12H,6H2,1-2H3;1H. The van der Waals surface area contributed by atoms with Crippen LogP contribution in [-0.4, -0.2) is 24.1 Å². The first-order chi connectivity index (χ1) is 5.59. The van der Waals surface area contributed by atoms with Crippen molar-refractivity contribution in [1.82, 2.24) is 4.90 Å². The van der Waals surface area contributed by atoms with Gasteiger partial charge in [-0.3, -0.25) is 0 Å². The van der Waals surface area contributed by atoms with E-state index in [0.29, 0.717) is 5.02 Å². The Bertz CT molecular complexity index is 276. The van der Waals surface area contributed by atoms with Gasteiger partial charge in [0, 0.05) is 6.54 Å². The molecule has 74 valence electrons. The predicted molar refractivity (Wildman–Crippen MR) is 57.8 cm³/mol. The van der Waals surface area contributed by atoms with E-state index in [1.165, 1.54) is 0 Å². The first kappa shape index (κ1) is 12.6. The molecule has 0 aromatic heterocycles. The van der Waals surface area contributed by atoms with Crippen molar-refractivity contribution in [1.29, 1.82) is 0 Å². The molecule has 1 aromatic rings. The zero-order chi connectivity index (χ0) is 9.14. The summed E-state index contributed by atoms with van der Waals surface area (Å²) in [7, 11) is 3.97. The number of nitrogens with zero attached hydrogens (tertiary/aromatic N) is 1. The third-order valence-corrected chi connectivity index (χ3v) is 1.81. The van der Waals surface area contributed by atoms with Gasteiger partial charge in [-0.05, 0) is 31.8 Å². The summed E-state index contributed by atoms with van der Waals surface area (Å²) in [6.07, 6.45) is 0. The molecule has 1 rings (SSSR count). The zero-order valence-electron chi connectivity index (χ0n) is 7.62. The number of hydrogen-bond donors (Lipinski definition) is 1. The second-order valence-electron chi connectivity index (χ2n) is 3.02. The van der Waals surface area contributed by atoms with Crippen LogP contribution in [0, 0.1) is 0 Å². The monoisotopic (exact) mass is 221 g/mol. The normalized spacial score (nSPS) is 9.85. The third-order valence-electron chi connectivity index (χ3n) is 1.51. The molecule has 1 N–H and O–H groups in total. The molecule has 0 aliphatic carbocycles. The minimum absolute atomic E-state index is 0. The van der Waals surface area contributed by atoms with Crippen molar-refractivity contribution < 1.29 is 5.11 Å². The summed E-state index contributed by atoms with van der Waals surface area (Å²) in [5.41, 5.74) is 1.10. The number of rotatable bonds is 2. The summed E-state index contributed by atoms with van der Waals surface area (Å²) >= 11 is 5.73. The number of aromatic hydroxyl groups is 1. The van der Waals surface area contributed by atoms with Crippen LogP contribution < -0.4 is 0 Å². The Morgan fingerprint density at radius 3 is 2.46 bits per heavy atom. The Morgan fingerprint density at radius 2 is 2.00 bits per heavy atom.